The molecule has 3 nitrogen and oxygen atoms in total. The predicted molar refractivity (Wildman–Crippen MR) is 111 cm³/mol. The Morgan fingerprint density at radius 2 is 1.72 bits per heavy atom. The van der Waals surface area contributed by atoms with E-state index < -0.39 is 0 Å². The molecule has 3 N–H and O–H groups in total. The van der Waals surface area contributed by atoms with Crippen molar-refractivity contribution in [1.29, 1.82) is 0 Å². The van der Waals surface area contributed by atoms with Gasteiger partial charge in [0.2, 0.25) is 0 Å². The number of fused-ring (bicyclic) bond motifs is 1. The minimum Gasteiger partial charge on any atom is -0.398 e. The molecule has 2 aromatic rings. The molecular weight excluding hydrogens is 423 g/mol. The first-order chi connectivity index (χ1) is 12.1. The lowest BCUT2D eigenvalue weighted by atomic mass is 9.82. The third-order valence-corrected chi connectivity index (χ3v) is 6.65. The summed E-state index contributed by atoms with van der Waals surface area (Å²) in [7, 11) is 0. The number of hydrogen-bond acceptors (Lipinski definition) is 3. The van der Waals surface area contributed by atoms with E-state index in [9.17, 15) is 5.11 Å². The van der Waals surface area contributed by atoms with Crippen LogP contribution in [-0.4, -0.2) is 35.2 Å². The number of aliphatic hydroxyl groups excluding tert-OH is 1. The van der Waals surface area contributed by atoms with Crippen LogP contribution in [0.3, 0.4) is 0 Å². The van der Waals surface area contributed by atoms with E-state index in [-0.39, 0.29) is 12.1 Å². The van der Waals surface area contributed by atoms with Gasteiger partial charge in [-0.3, -0.25) is 4.90 Å². The molecule has 0 unspecified atom stereocenters. The molecule has 25 heavy (non-hydrogen) atoms. The largest absolute Gasteiger partial charge is 0.398 e. The molecule has 0 amide bonds. The predicted octanol–water partition coefficient (Wildman–Crippen LogP) is 3.58. The van der Waals surface area contributed by atoms with Crippen molar-refractivity contribution in [1.82, 2.24) is 4.90 Å². The highest BCUT2D eigenvalue weighted by molar-refractivity contribution is 14.1. The van der Waals surface area contributed by atoms with Gasteiger partial charge in [0.1, 0.15) is 0 Å². The fourth-order valence-corrected chi connectivity index (χ4v) is 4.83. The minimum atomic E-state index is -0.288. The lowest BCUT2D eigenvalue weighted by molar-refractivity contribution is 0.0296. The molecule has 0 saturated carbocycles. The molecule has 1 saturated heterocycles. The number of piperidine rings is 1. The van der Waals surface area contributed by atoms with Crippen LogP contribution in [0.2, 0.25) is 0 Å². The second-order valence-corrected chi connectivity index (χ2v) is 8.64. The maximum absolute atomic E-state index is 10.7. The first-order valence-electron chi connectivity index (χ1n) is 9.15. The van der Waals surface area contributed by atoms with E-state index in [0.29, 0.717) is 5.92 Å². The summed E-state index contributed by atoms with van der Waals surface area (Å²) in [6.07, 6.45) is 3.64. The summed E-state index contributed by atoms with van der Waals surface area (Å²) in [5, 5.41) is 10.7. The van der Waals surface area contributed by atoms with Crippen LogP contribution in [0.25, 0.3) is 0 Å². The van der Waals surface area contributed by atoms with Crippen LogP contribution < -0.4 is 5.73 Å². The Morgan fingerprint density at radius 1 is 1.00 bits per heavy atom. The van der Waals surface area contributed by atoms with Crippen LogP contribution in [0, 0.1) is 3.57 Å². The summed E-state index contributed by atoms with van der Waals surface area (Å²) in [4.78, 5) is 2.49. The molecular formula is C21H25IN2O. The molecule has 1 fully saturated rings. The summed E-state index contributed by atoms with van der Waals surface area (Å²) in [6, 6.07) is 15.2. The van der Waals surface area contributed by atoms with Crippen molar-refractivity contribution in [2.45, 2.75) is 43.7 Å². The molecule has 1 aliphatic heterocycles. The van der Waals surface area contributed by atoms with E-state index in [1.54, 1.807) is 0 Å². The summed E-state index contributed by atoms with van der Waals surface area (Å²) in [5.74, 6) is 0.645. The summed E-state index contributed by atoms with van der Waals surface area (Å²) >= 11 is 2.36. The van der Waals surface area contributed by atoms with Crippen molar-refractivity contribution in [2.75, 3.05) is 18.8 Å². The quantitative estimate of drug-likeness (QED) is 0.546. The number of nitrogens with two attached hydrogens (primary N) is 1. The molecule has 4 rings (SSSR count). The molecule has 4 heteroatoms. The maximum Gasteiger partial charge on any atom is 0.0739 e. The van der Waals surface area contributed by atoms with Crippen LogP contribution in [0.1, 0.15) is 35.4 Å². The van der Waals surface area contributed by atoms with Gasteiger partial charge in [-0.1, -0.05) is 24.3 Å². The number of rotatable bonds is 2. The van der Waals surface area contributed by atoms with Crippen molar-refractivity contribution in [3.8, 4) is 0 Å². The zero-order valence-corrected chi connectivity index (χ0v) is 16.5. The Bertz CT molecular complexity index is 738. The van der Waals surface area contributed by atoms with Gasteiger partial charge in [-0.25, -0.2) is 0 Å². The van der Waals surface area contributed by atoms with Gasteiger partial charge in [0, 0.05) is 21.7 Å². The lowest BCUT2D eigenvalue weighted by Crippen LogP contribution is -2.51. The molecule has 1 aliphatic carbocycles. The molecule has 0 bridgehead atoms. The number of aliphatic hydroxyl groups is 1. The van der Waals surface area contributed by atoms with Gasteiger partial charge in [-0.2, -0.15) is 0 Å². The van der Waals surface area contributed by atoms with Gasteiger partial charge in [0.05, 0.1) is 6.10 Å². The highest BCUT2D eigenvalue weighted by atomic mass is 127. The first-order valence-corrected chi connectivity index (χ1v) is 10.2. The number of halogens is 1. The summed E-state index contributed by atoms with van der Waals surface area (Å²) < 4.78 is 1.29. The summed E-state index contributed by atoms with van der Waals surface area (Å²) in [5.41, 5.74) is 11.0. The van der Waals surface area contributed by atoms with E-state index in [2.05, 4.69) is 57.8 Å². The molecule has 0 aromatic heterocycles. The number of hydrogen-bond donors (Lipinski definition) is 2. The van der Waals surface area contributed by atoms with E-state index in [0.717, 1.165) is 31.6 Å². The average Bonchev–Trinajstić information content (AvgIpc) is 2.62. The fourth-order valence-electron chi connectivity index (χ4n) is 4.47. The SMILES string of the molecule is Nc1cccc2c1C[C@@H](N1CCC(c3ccc(I)cc3)CC1)[C@H](O)C2. The van der Waals surface area contributed by atoms with E-state index >= 15 is 0 Å². The Balaban J connectivity index is 1.44. The van der Waals surface area contributed by atoms with Crippen molar-refractivity contribution in [3.05, 3.63) is 62.7 Å². The topological polar surface area (TPSA) is 49.5 Å². The molecule has 132 valence electrons. The average molecular weight is 448 g/mol. The normalized spacial score (nSPS) is 24.9. The first kappa shape index (κ1) is 17.3. The number of anilines is 1. The van der Waals surface area contributed by atoms with Gasteiger partial charge in [0.25, 0.3) is 0 Å². The number of likely N-dealkylation sites (tertiary alicyclic amines) is 1. The molecule has 0 radical (unpaired) electrons. The van der Waals surface area contributed by atoms with Gasteiger partial charge in [-0.05, 0) is 95.8 Å². The minimum absolute atomic E-state index is 0.204. The highest BCUT2D eigenvalue weighted by Gasteiger charge is 2.34. The van der Waals surface area contributed by atoms with Crippen LogP contribution >= 0.6 is 22.6 Å². The van der Waals surface area contributed by atoms with Gasteiger partial charge in [-0.15, -0.1) is 0 Å². The smallest absolute Gasteiger partial charge is 0.0739 e. The Kier molecular flexibility index (Phi) is 5.02. The second kappa shape index (κ2) is 7.25. The third-order valence-electron chi connectivity index (χ3n) is 5.94. The van der Waals surface area contributed by atoms with Crippen molar-refractivity contribution in [3.63, 3.8) is 0 Å². The monoisotopic (exact) mass is 448 g/mol. The van der Waals surface area contributed by atoms with Crippen LogP contribution in [0.15, 0.2) is 42.5 Å². The Hall–Kier alpha value is -1.11. The molecule has 2 aliphatic rings. The van der Waals surface area contributed by atoms with Crippen LogP contribution in [-0.2, 0) is 12.8 Å². The molecule has 2 aromatic carbocycles. The van der Waals surface area contributed by atoms with Crippen LogP contribution in [0.5, 0.6) is 0 Å². The second-order valence-electron chi connectivity index (χ2n) is 7.39. The van der Waals surface area contributed by atoms with Crippen LogP contribution in [0.4, 0.5) is 5.69 Å². The van der Waals surface area contributed by atoms with Crippen molar-refractivity contribution in [2.24, 2.45) is 0 Å². The fraction of sp³-hybridized carbons (Fsp3) is 0.429. The molecule has 1 heterocycles. The maximum atomic E-state index is 10.7. The van der Waals surface area contributed by atoms with Gasteiger partial charge in [0.15, 0.2) is 0 Å². The Labute approximate surface area is 163 Å². The number of nitrogen functional groups attached to an aromatic ring is 1. The van der Waals surface area contributed by atoms with Gasteiger partial charge < -0.3 is 10.8 Å². The lowest BCUT2D eigenvalue weighted by Gasteiger charge is -2.42. The molecule has 0 spiro atoms. The zero-order valence-electron chi connectivity index (χ0n) is 14.4. The standard InChI is InChI=1S/C21H25IN2O/c22-17-6-4-14(5-7-17)15-8-10-24(11-9-15)20-13-18-16(12-21(20)25)2-1-3-19(18)23/h1-7,15,20-21,25H,8-13,23H2/t20-,21-/m1/s1. The number of nitrogens with zero attached hydrogens (tertiary/aromatic N) is 1. The number of benzene rings is 2. The van der Waals surface area contributed by atoms with E-state index in [4.69, 9.17) is 5.73 Å². The van der Waals surface area contributed by atoms with E-state index in [1.807, 2.05) is 12.1 Å². The highest BCUT2D eigenvalue weighted by Crippen LogP contribution is 2.33. The Morgan fingerprint density at radius 3 is 2.44 bits per heavy atom. The van der Waals surface area contributed by atoms with Crippen molar-refractivity contribution >= 4 is 28.3 Å². The van der Waals surface area contributed by atoms with Crippen molar-refractivity contribution < 1.29 is 5.11 Å². The van der Waals surface area contributed by atoms with E-state index in [1.165, 1.54) is 33.1 Å². The van der Waals surface area contributed by atoms with Gasteiger partial charge >= 0.3 is 0 Å². The zero-order chi connectivity index (χ0) is 17.4. The third kappa shape index (κ3) is 3.57. The summed E-state index contributed by atoms with van der Waals surface area (Å²) in [6.45, 7) is 2.11. The molecule has 2 atom stereocenters.